The fourth-order valence-electron chi connectivity index (χ4n) is 5.66. The standard InChI is InChI=1S/C22H19N3O3/c26-18(24-12-7-11-3-1-2-4-17(11)23-9-12)10-25-21(27)19-13-5-6-14(16-8-15(13)16)20(19)22(25)28/h1-7,9,13-16,19-20H,8,10H2,(H,24,26)/t13-,14-,15-,16-,19+,20+/m1/s1. The maximum absolute atomic E-state index is 12.9. The Morgan fingerprint density at radius 2 is 1.75 bits per heavy atom. The van der Waals surface area contributed by atoms with Crippen LogP contribution in [0.15, 0.2) is 48.7 Å². The van der Waals surface area contributed by atoms with Crippen LogP contribution in [0, 0.1) is 35.5 Å². The number of anilines is 1. The molecule has 1 aromatic carbocycles. The van der Waals surface area contributed by atoms with Crippen LogP contribution in [0.25, 0.3) is 10.9 Å². The fourth-order valence-corrected chi connectivity index (χ4v) is 5.66. The molecule has 0 unspecified atom stereocenters. The third kappa shape index (κ3) is 2.14. The van der Waals surface area contributed by atoms with E-state index < -0.39 is 0 Å². The molecule has 2 heterocycles. The number of aromatic nitrogens is 1. The Morgan fingerprint density at radius 1 is 1.07 bits per heavy atom. The van der Waals surface area contributed by atoms with Crippen LogP contribution in [0.3, 0.4) is 0 Å². The highest BCUT2D eigenvalue weighted by atomic mass is 16.2. The molecule has 1 aliphatic heterocycles. The molecular weight excluding hydrogens is 354 g/mol. The summed E-state index contributed by atoms with van der Waals surface area (Å²) in [5, 5.41) is 3.69. The van der Waals surface area contributed by atoms with Gasteiger partial charge in [0.15, 0.2) is 0 Å². The van der Waals surface area contributed by atoms with Crippen LogP contribution in [-0.4, -0.2) is 34.2 Å². The molecule has 2 aromatic rings. The molecule has 5 aliphatic rings. The first-order valence-electron chi connectivity index (χ1n) is 9.80. The molecule has 1 saturated heterocycles. The molecule has 4 aliphatic carbocycles. The van der Waals surface area contributed by atoms with Gasteiger partial charge in [-0.2, -0.15) is 0 Å². The Bertz CT molecular complexity index is 1040. The smallest absolute Gasteiger partial charge is 0.244 e. The fraction of sp³-hybridized carbons (Fsp3) is 0.364. The van der Waals surface area contributed by atoms with Crippen LogP contribution >= 0.6 is 0 Å². The normalized spacial score (nSPS) is 34.5. The summed E-state index contributed by atoms with van der Waals surface area (Å²) in [7, 11) is 0. The number of hydrogen-bond donors (Lipinski definition) is 1. The lowest BCUT2D eigenvalue weighted by Gasteiger charge is -2.37. The number of imide groups is 1. The predicted octanol–water partition coefficient (Wildman–Crippen LogP) is 2.23. The van der Waals surface area contributed by atoms with Gasteiger partial charge in [0.05, 0.1) is 29.2 Å². The zero-order valence-corrected chi connectivity index (χ0v) is 15.1. The molecule has 6 nitrogen and oxygen atoms in total. The first-order valence-corrected chi connectivity index (χ1v) is 9.80. The Morgan fingerprint density at radius 3 is 2.46 bits per heavy atom. The van der Waals surface area contributed by atoms with Gasteiger partial charge in [0, 0.05) is 5.39 Å². The Hall–Kier alpha value is -3.02. The summed E-state index contributed by atoms with van der Waals surface area (Å²) in [4.78, 5) is 43.9. The molecule has 3 fully saturated rings. The average Bonchev–Trinajstić information content (AvgIpc) is 3.49. The van der Waals surface area contributed by atoms with Crippen molar-refractivity contribution in [1.82, 2.24) is 9.88 Å². The van der Waals surface area contributed by atoms with Gasteiger partial charge in [0.1, 0.15) is 6.54 Å². The van der Waals surface area contributed by atoms with Gasteiger partial charge in [-0.3, -0.25) is 24.3 Å². The Kier molecular flexibility index (Phi) is 3.14. The molecule has 0 spiro atoms. The largest absolute Gasteiger partial charge is 0.323 e. The SMILES string of the molecule is O=C(CN1C(=O)[C@H]2[C@@H]3C=C[C@H]([C@H]4C[C@H]34)[C@@H]2C1=O)Nc1cnc2ccccc2c1. The van der Waals surface area contributed by atoms with E-state index in [2.05, 4.69) is 22.5 Å². The number of rotatable bonds is 3. The molecule has 140 valence electrons. The van der Waals surface area contributed by atoms with Gasteiger partial charge in [-0.15, -0.1) is 0 Å². The summed E-state index contributed by atoms with van der Waals surface area (Å²) in [6.45, 7) is -0.230. The maximum atomic E-state index is 12.9. The summed E-state index contributed by atoms with van der Waals surface area (Å²) in [6.07, 6.45) is 6.99. The lowest BCUT2D eigenvalue weighted by atomic mass is 9.63. The van der Waals surface area contributed by atoms with Gasteiger partial charge < -0.3 is 5.32 Å². The van der Waals surface area contributed by atoms with Crippen LogP contribution in [0.5, 0.6) is 0 Å². The van der Waals surface area contributed by atoms with Crippen molar-refractivity contribution in [3.63, 3.8) is 0 Å². The minimum atomic E-state index is -0.372. The number of allylic oxidation sites excluding steroid dienone is 2. The summed E-state index contributed by atoms with van der Waals surface area (Å²) in [5.41, 5.74) is 1.40. The summed E-state index contributed by atoms with van der Waals surface area (Å²) >= 11 is 0. The van der Waals surface area contributed by atoms with Crippen molar-refractivity contribution in [2.75, 3.05) is 11.9 Å². The number of amides is 3. The van der Waals surface area contributed by atoms with E-state index in [1.54, 1.807) is 6.20 Å². The van der Waals surface area contributed by atoms with Crippen molar-refractivity contribution < 1.29 is 14.4 Å². The van der Waals surface area contributed by atoms with Crippen LogP contribution in [0.1, 0.15) is 6.42 Å². The first kappa shape index (κ1) is 16.0. The summed E-state index contributed by atoms with van der Waals surface area (Å²) in [6, 6.07) is 9.47. The van der Waals surface area contributed by atoms with E-state index in [4.69, 9.17) is 0 Å². The molecule has 6 heteroatoms. The molecule has 3 amide bonds. The number of carbonyl (C=O) groups excluding carboxylic acids is 3. The monoisotopic (exact) mass is 373 g/mol. The van der Waals surface area contributed by atoms with Gasteiger partial charge in [-0.1, -0.05) is 30.4 Å². The van der Waals surface area contributed by atoms with Gasteiger partial charge in [-0.05, 0) is 42.2 Å². The molecular formula is C22H19N3O3. The number of pyridine rings is 1. The second-order valence-corrected chi connectivity index (χ2v) is 8.38. The van der Waals surface area contributed by atoms with Crippen LogP contribution < -0.4 is 5.32 Å². The molecule has 2 bridgehead atoms. The molecule has 1 aromatic heterocycles. The van der Waals surface area contributed by atoms with Gasteiger partial charge in [-0.25, -0.2) is 0 Å². The number of fused-ring (bicyclic) bond motifs is 1. The number of benzene rings is 1. The zero-order chi connectivity index (χ0) is 19.0. The lowest BCUT2D eigenvalue weighted by molar-refractivity contribution is -0.142. The Balaban J connectivity index is 1.20. The average molecular weight is 373 g/mol. The van der Waals surface area contributed by atoms with E-state index in [1.807, 2.05) is 30.3 Å². The Labute approximate surface area is 161 Å². The number of nitrogens with one attached hydrogen (secondary N) is 1. The third-order valence-corrected chi connectivity index (χ3v) is 6.93. The summed E-state index contributed by atoms with van der Waals surface area (Å²) in [5.74, 6) is 0.225. The van der Waals surface area contributed by atoms with E-state index in [0.29, 0.717) is 17.5 Å². The number of para-hydroxylation sites is 1. The molecule has 28 heavy (non-hydrogen) atoms. The van der Waals surface area contributed by atoms with E-state index in [9.17, 15) is 14.4 Å². The van der Waals surface area contributed by atoms with Crippen molar-refractivity contribution in [3.8, 4) is 0 Å². The molecule has 7 rings (SSSR count). The topological polar surface area (TPSA) is 79.4 Å². The molecule has 2 saturated carbocycles. The molecule has 1 N–H and O–H groups in total. The van der Waals surface area contributed by atoms with Gasteiger partial charge in [0.2, 0.25) is 17.7 Å². The number of nitrogens with zero attached hydrogens (tertiary/aromatic N) is 2. The van der Waals surface area contributed by atoms with Crippen molar-refractivity contribution in [3.05, 3.63) is 48.7 Å². The minimum Gasteiger partial charge on any atom is -0.323 e. The first-order chi connectivity index (χ1) is 13.6. The zero-order valence-electron chi connectivity index (χ0n) is 15.1. The maximum Gasteiger partial charge on any atom is 0.244 e. The van der Waals surface area contributed by atoms with E-state index in [0.717, 1.165) is 17.3 Å². The van der Waals surface area contributed by atoms with E-state index >= 15 is 0 Å². The lowest BCUT2D eigenvalue weighted by Crippen LogP contribution is -2.40. The third-order valence-electron chi connectivity index (χ3n) is 6.93. The van der Waals surface area contributed by atoms with E-state index in [-0.39, 0.29) is 47.9 Å². The highest BCUT2D eigenvalue weighted by Gasteiger charge is 2.67. The number of hydrogen-bond acceptors (Lipinski definition) is 4. The van der Waals surface area contributed by atoms with E-state index in [1.165, 1.54) is 4.90 Å². The molecule has 0 radical (unpaired) electrons. The van der Waals surface area contributed by atoms with Crippen molar-refractivity contribution >= 4 is 34.3 Å². The van der Waals surface area contributed by atoms with Crippen molar-refractivity contribution in [2.45, 2.75) is 6.42 Å². The highest BCUT2D eigenvalue weighted by Crippen LogP contribution is 2.65. The molecule has 6 atom stereocenters. The number of carbonyl (C=O) groups is 3. The summed E-state index contributed by atoms with van der Waals surface area (Å²) < 4.78 is 0. The van der Waals surface area contributed by atoms with Crippen molar-refractivity contribution in [2.24, 2.45) is 35.5 Å². The second kappa shape index (κ2) is 5.50. The highest BCUT2D eigenvalue weighted by molar-refractivity contribution is 6.09. The van der Waals surface area contributed by atoms with Crippen LogP contribution in [0.2, 0.25) is 0 Å². The van der Waals surface area contributed by atoms with Crippen LogP contribution in [-0.2, 0) is 14.4 Å². The minimum absolute atomic E-state index is 0.175. The van der Waals surface area contributed by atoms with Crippen molar-refractivity contribution in [1.29, 1.82) is 0 Å². The number of likely N-dealkylation sites (tertiary alicyclic amines) is 1. The predicted molar refractivity (Wildman–Crippen MR) is 102 cm³/mol. The van der Waals surface area contributed by atoms with Gasteiger partial charge >= 0.3 is 0 Å². The van der Waals surface area contributed by atoms with Crippen LogP contribution in [0.4, 0.5) is 5.69 Å². The van der Waals surface area contributed by atoms with Gasteiger partial charge in [0.25, 0.3) is 0 Å². The second-order valence-electron chi connectivity index (χ2n) is 8.38. The quantitative estimate of drug-likeness (QED) is 0.661.